The molecular weight excluding hydrogens is 1470 g/mol. The second-order valence-corrected chi connectivity index (χ2v) is 29.7. The molecule has 23 N–H and O–H groups in total. The number of aliphatic imine (C=N–C) groups is 1. The van der Waals surface area contributed by atoms with E-state index in [-0.39, 0.29) is 73.9 Å². The lowest BCUT2D eigenvalue weighted by Gasteiger charge is -2.30. The van der Waals surface area contributed by atoms with Crippen molar-refractivity contribution in [3.8, 4) is 5.75 Å². The number of phenols is 1. The van der Waals surface area contributed by atoms with Crippen LogP contribution in [0.2, 0.25) is 5.02 Å². The van der Waals surface area contributed by atoms with Gasteiger partial charge in [-0.25, -0.2) is 4.39 Å². The number of nitrogens with one attached hydrogen (secondary N) is 11. The van der Waals surface area contributed by atoms with Crippen LogP contribution >= 0.6 is 33.2 Å². The zero-order valence-corrected chi connectivity index (χ0v) is 61.8. The number of nitrogens with two attached hydrogens (primary N) is 5. The number of aromatic amines is 1. The number of carboxylic acids is 1. The van der Waals surface area contributed by atoms with Crippen LogP contribution in [0.15, 0.2) is 77.9 Å². The Hall–Kier alpha value is -10.3. The molecule has 1 aliphatic carbocycles. The molecule has 7 rings (SSSR count). The van der Waals surface area contributed by atoms with E-state index in [2.05, 4.69) is 63.1 Å². The molecule has 586 valence electrons. The highest BCUT2D eigenvalue weighted by molar-refractivity contribution is 8.76. The van der Waals surface area contributed by atoms with Gasteiger partial charge in [0.25, 0.3) is 0 Å². The normalized spacial score (nSPS) is 23.0. The van der Waals surface area contributed by atoms with Gasteiger partial charge >= 0.3 is 5.97 Å². The number of nitrogens with zero attached hydrogens (tertiary/aromatic N) is 2. The Kier molecular flexibility index (Phi) is 32.8. The van der Waals surface area contributed by atoms with Gasteiger partial charge in [-0.15, -0.1) is 0 Å². The molecule has 0 bridgehead atoms. The van der Waals surface area contributed by atoms with Gasteiger partial charge in [-0.05, 0) is 105 Å². The van der Waals surface area contributed by atoms with Crippen molar-refractivity contribution in [2.45, 2.75) is 183 Å². The highest BCUT2D eigenvalue weighted by Crippen LogP contribution is 2.30. The molecule has 1 saturated carbocycles. The number of amides is 13. The number of fused-ring (bicyclic) bond motifs is 1. The number of rotatable bonds is 24. The van der Waals surface area contributed by atoms with E-state index in [4.69, 9.17) is 40.3 Å². The Labute approximate surface area is 633 Å². The van der Waals surface area contributed by atoms with Crippen LogP contribution in [-0.4, -0.2) is 206 Å². The van der Waals surface area contributed by atoms with Crippen molar-refractivity contribution in [2.75, 3.05) is 31.1 Å². The Morgan fingerprint density at radius 2 is 1.31 bits per heavy atom. The number of para-hydroxylation sites is 1. The monoisotopic (exact) mass is 1560 g/mol. The lowest BCUT2D eigenvalue weighted by molar-refractivity contribution is -0.140. The lowest BCUT2D eigenvalue weighted by atomic mass is 9.95. The molecule has 1 aromatic heterocycles. The fourth-order valence-corrected chi connectivity index (χ4v) is 15.2. The summed E-state index contributed by atoms with van der Waals surface area (Å²) in [6, 6.07) is 0.327. The highest BCUT2D eigenvalue weighted by Gasteiger charge is 2.41. The molecule has 38 heteroatoms. The number of hydrogen-bond acceptors (Lipinski definition) is 19. The summed E-state index contributed by atoms with van der Waals surface area (Å²) in [4.78, 5) is 206. The fraction of sp³-hybridized carbons (Fsp3) is 0.500. The first-order chi connectivity index (χ1) is 51.4. The van der Waals surface area contributed by atoms with Gasteiger partial charge in [-0.1, -0.05) is 88.5 Å². The third-order valence-corrected chi connectivity index (χ3v) is 21.1. The maximum absolute atomic E-state index is 16.0. The minimum Gasteiger partial charge on any atom is -0.508 e. The third-order valence-electron chi connectivity index (χ3n) is 18.3. The standard InChI is InChI=1S/C70H94ClFN18O16S2/c1-36(73)29-56(94)90-28-8-16-53(90)68(105)85-48(30-37-17-19-41(91)20-18-37)64(101)88-52-35-108-107-34-51(60(75)97)87-63(100)47(22-24-57(95)96)83-66(103)50(32-40-33-80-44-14-5-4-12-42(40)44)84-62(99)46(21-23-54(74)92)81-55(93)25-27-78-61(98)45(15-7-26-79-70(76)77)82-65(102)49(31-39-11-6-13-43(71)58(39)72)86-69(106)59(89-67(52)104)38-9-2-3-10-38/h4-6,11-14,17-20,33,36,38,45-53,59,80,91H,2-3,7-10,15-16,21-32,34-35,73H2,1H3,(H2,74,92)(H2,75,97)(H,78,98)(H,81,93)(H,82,102)(H,83,103)(H,84,99)(H,85,105)(H,86,106)(H,87,100)(H,88,101)(H,89,104)(H,95,96)(H4,76,77,79)/t36-,45+,46+,47+,48+,49+,50+,51-,52+,53+,59+/m1/s1. The third kappa shape index (κ3) is 26.3. The minimum absolute atomic E-state index is 0.0392. The van der Waals surface area contributed by atoms with Gasteiger partial charge in [0.2, 0.25) is 76.8 Å². The van der Waals surface area contributed by atoms with Crippen LogP contribution < -0.4 is 81.8 Å². The number of benzene rings is 3. The van der Waals surface area contributed by atoms with E-state index >= 15 is 18.8 Å². The molecule has 34 nitrogen and oxygen atoms in total. The van der Waals surface area contributed by atoms with E-state index in [0.29, 0.717) is 54.1 Å². The number of carbonyl (C=O) groups excluding carboxylic acids is 13. The Morgan fingerprint density at radius 3 is 1.98 bits per heavy atom. The van der Waals surface area contributed by atoms with Crippen LogP contribution in [0, 0.1) is 11.7 Å². The zero-order chi connectivity index (χ0) is 78.7. The number of H-pyrrole nitrogens is 1. The summed E-state index contributed by atoms with van der Waals surface area (Å²) in [7, 11) is 1.68. The van der Waals surface area contributed by atoms with Gasteiger partial charge < -0.3 is 102 Å². The van der Waals surface area contributed by atoms with Crippen molar-refractivity contribution in [3.63, 3.8) is 0 Å². The maximum Gasteiger partial charge on any atom is 0.303 e. The molecule has 108 heavy (non-hydrogen) atoms. The first kappa shape index (κ1) is 85.0. The van der Waals surface area contributed by atoms with E-state index in [9.17, 15) is 63.0 Å². The van der Waals surface area contributed by atoms with Crippen LogP contribution in [-0.2, 0) is 86.4 Å². The molecule has 0 unspecified atom stereocenters. The summed E-state index contributed by atoms with van der Waals surface area (Å²) in [5, 5.41) is 46.4. The minimum atomic E-state index is -1.76. The number of phenolic OH excluding ortho intramolecular Hbond substituents is 1. The van der Waals surface area contributed by atoms with E-state index in [1.165, 1.54) is 47.4 Å². The molecule has 3 heterocycles. The van der Waals surface area contributed by atoms with Gasteiger partial charge in [0, 0.05) is 99.2 Å². The van der Waals surface area contributed by atoms with Crippen molar-refractivity contribution in [2.24, 2.45) is 39.6 Å². The first-order valence-electron chi connectivity index (χ1n) is 35.3. The number of aliphatic carboxylic acids is 1. The average Bonchev–Trinajstić information content (AvgIpc) is 1.56. The largest absolute Gasteiger partial charge is 0.508 e. The lowest BCUT2D eigenvalue weighted by Crippen LogP contribution is -2.61. The molecule has 0 spiro atoms. The number of hydrogen-bond donors (Lipinski definition) is 18. The number of primary amides is 2. The molecule has 0 radical (unpaired) electrons. The second-order valence-electron chi connectivity index (χ2n) is 26.8. The van der Waals surface area contributed by atoms with Crippen molar-refractivity contribution in [1.29, 1.82) is 0 Å². The summed E-state index contributed by atoms with van der Waals surface area (Å²) in [6.45, 7) is 1.31. The molecular formula is C70H94ClFN18O16S2. The molecule has 4 aromatic rings. The average molecular weight is 1560 g/mol. The predicted molar refractivity (Wildman–Crippen MR) is 398 cm³/mol. The van der Waals surface area contributed by atoms with E-state index in [1.54, 1.807) is 37.4 Å². The van der Waals surface area contributed by atoms with Crippen molar-refractivity contribution in [3.05, 3.63) is 100 Å². The van der Waals surface area contributed by atoms with Crippen LogP contribution in [0.3, 0.4) is 0 Å². The van der Waals surface area contributed by atoms with Gasteiger partial charge in [-0.2, -0.15) is 0 Å². The van der Waals surface area contributed by atoms with Gasteiger partial charge in [0.05, 0.1) is 5.02 Å². The number of halogens is 2. The Bertz CT molecular complexity index is 3940. The van der Waals surface area contributed by atoms with Crippen LogP contribution in [0.1, 0.15) is 114 Å². The smallest absolute Gasteiger partial charge is 0.303 e. The van der Waals surface area contributed by atoms with Gasteiger partial charge in [0.1, 0.15) is 72.0 Å². The summed E-state index contributed by atoms with van der Waals surface area (Å²) in [5.74, 6) is -16.4. The number of aromatic nitrogens is 1. The van der Waals surface area contributed by atoms with Gasteiger partial charge in [0.15, 0.2) is 5.96 Å². The molecule has 2 saturated heterocycles. The summed E-state index contributed by atoms with van der Waals surface area (Å²) in [5.41, 5.74) is 29.9. The summed E-state index contributed by atoms with van der Waals surface area (Å²) < 4.78 is 16.0. The van der Waals surface area contributed by atoms with Crippen molar-refractivity contribution < 1.29 is 81.7 Å². The number of likely N-dealkylation sites (tertiary alicyclic amines) is 1. The Balaban J connectivity index is 1.29. The Morgan fingerprint density at radius 1 is 0.694 bits per heavy atom. The molecule has 3 aliphatic rings. The van der Waals surface area contributed by atoms with Gasteiger partial charge in [-0.3, -0.25) is 72.1 Å². The highest BCUT2D eigenvalue weighted by atomic mass is 35.5. The maximum atomic E-state index is 16.0. The number of carbonyl (C=O) groups is 14. The predicted octanol–water partition coefficient (Wildman–Crippen LogP) is -1.45. The van der Waals surface area contributed by atoms with Crippen LogP contribution in [0.4, 0.5) is 4.39 Å². The molecule has 3 fully saturated rings. The summed E-state index contributed by atoms with van der Waals surface area (Å²) in [6.07, 6.45) is -0.145. The zero-order valence-electron chi connectivity index (χ0n) is 59.4. The summed E-state index contributed by atoms with van der Waals surface area (Å²) >= 11 is 6.24. The molecule has 13 amide bonds. The van der Waals surface area contributed by atoms with E-state index in [0.717, 1.165) is 21.6 Å². The topological polar surface area (TPSA) is 561 Å². The molecule has 2 aliphatic heterocycles. The fourth-order valence-electron chi connectivity index (χ4n) is 12.7. The van der Waals surface area contributed by atoms with E-state index < -0.39 is 218 Å². The van der Waals surface area contributed by atoms with Crippen LogP contribution in [0.5, 0.6) is 5.75 Å². The van der Waals surface area contributed by atoms with E-state index in [1.807, 2.05) is 0 Å². The quantitative estimate of drug-likeness (QED) is 0.0165. The molecule has 11 atom stereocenters. The number of carboxylic acid groups (broad SMARTS) is 1. The second kappa shape index (κ2) is 41.7. The van der Waals surface area contributed by atoms with Crippen LogP contribution in [0.25, 0.3) is 10.9 Å². The number of aromatic hydroxyl groups is 1. The SMILES string of the molecule is C[C@@H](N)CC(=O)N1CCC[C@H]1C(=O)N[C@@H](Cc1ccc(O)cc1)C(=O)N[C@H]1CSSC[C@H](C(N)=O)NC(=O)[C@H](CCC(=O)O)NC(=O)[C@H](Cc2c[nH]c3ccccc23)NC(=O)[C@H](CCC(N)=O)NC(=O)CCNC(=O)[C@H](CCCN=C(N)N)NC(=O)[C@H](Cc2cccc(Cl)c2F)NC(=O)[C@H](C2CCCC2)NC1=O. The van der Waals surface area contributed by atoms with Crippen molar-refractivity contribution >= 4 is 133 Å². The first-order valence-corrected chi connectivity index (χ1v) is 38.2. The van der Waals surface area contributed by atoms with Crippen molar-refractivity contribution in [1.82, 2.24) is 63.1 Å². The number of guanidine groups is 1. The molecule has 3 aromatic carbocycles.